The van der Waals surface area contributed by atoms with Gasteiger partial charge in [0.1, 0.15) is 0 Å². The van der Waals surface area contributed by atoms with Crippen LogP contribution in [0.3, 0.4) is 0 Å². The van der Waals surface area contributed by atoms with E-state index in [4.69, 9.17) is 16.7 Å². The smallest absolute Gasteiger partial charge is 0.349 e. The maximum Gasteiger partial charge on any atom is 0.349 e. The van der Waals surface area contributed by atoms with Crippen molar-refractivity contribution in [2.24, 2.45) is 0 Å². The molecule has 1 saturated carbocycles. The molecule has 4 nitrogen and oxygen atoms in total. The lowest BCUT2D eigenvalue weighted by molar-refractivity contribution is 0.0702. The quantitative estimate of drug-likeness (QED) is 0.916. The highest BCUT2D eigenvalue weighted by atomic mass is 35.5. The minimum absolute atomic E-state index is 0.106. The highest BCUT2D eigenvalue weighted by Gasteiger charge is 2.26. The molecule has 1 aromatic rings. The minimum Gasteiger partial charge on any atom is -0.477 e. The molecule has 1 heterocycles. The normalized spacial score (nSPS) is 16.4. The van der Waals surface area contributed by atoms with Gasteiger partial charge in [0, 0.05) is 12.6 Å². The Bertz CT molecular complexity index is 416. The number of aromatic nitrogens is 1. The molecule has 6 heteroatoms. The van der Waals surface area contributed by atoms with E-state index in [9.17, 15) is 4.79 Å². The van der Waals surface area contributed by atoms with Crippen molar-refractivity contribution in [3.8, 4) is 0 Å². The largest absolute Gasteiger partial charge is 0.477 e. The van der Waals surface area contributed by atoms with E-state index in [-0.39, 0.29) is 10.0 Å². The molecule has 0 bridgehead atoms. The van der Waals surface area contributed by atoms with Gasteiger partial charge in [-0.25, -0.2) is 9.78 Å². The standard InChI is InChI=1S/C11H15ClN2O2S/c1-2-14(7-5-3-4-6-7)11-13-9(12)8(17-11)10(15)16/h7H,2-6H2,1H3,(H,15,16). The second kappa shape index (κ2) is 5.23. The number of nitrogens with zero attached hydrogens (tertiary/aromatic N) is 2. The summed E-state index contributed by atoms with van der Waals surface area (Å²) >= 11 is 7.01. The van der Waals surface area contributed by atoms with Crippen molar-refractivity contribution in [1.29, 1.82) is 0 Å². The van der Waals surface area contributed by atoms with E-state index >= 15 is 0 Å². The highest BCUT2D eigenvalue weighted by Crippen LogP contribution is 2.34. The lowest BCUT2D eigenvalue weighted by atomic mass is 10.2. The molecule has 1 N–H and O–H groups in total. The second-order valence-electron chi connectivity index (χ2n) is 4.15. The Kier molecular flexibility index (Phi) is 3.89. The van der Waals surface area contributed by atoms with Crippen LogP contribution < -0.4 is 4.90 Å². The molecule has 94 valence electrons. The number of carboxylic acid groups (broad SMARTS) is 1. The third-order valence-corrected chi connectivity index (χ3v) is 4.59. The summed E-state index contributed by atoms with van der Waals surface area (Å²) < 4.78 is 0. The minimum atomic E-state index is -0.999. The van der Waals surface area contributed by atoms with E-state index in [1.807, 2.05) is 0 Å². The van der Waals surface area contributed by atoms with E-state index in [0.29, 0.717) is 6.04 Å². The van der Waals surface area contributed by atoms with Gasteiger partial charge in [0.2, 0.25) is 0 Å². The fraction of sp³-hybridized carbons (Fsp3) is 0.636. The van der Waals surface area contributed by atoms with Crippen molar-refractivity contribution < 1.29 is 9.90 Å². The highest BCUT2D eigenvalue weighted by molar-refractivity contribution is 7.18. The predicted octanol–water partition coefficient (Wildman–Crippen LogP) is 3.26. The van der Waals surface area contributed by atoms with Crippen LogP contribution in [-0.4, -0.2) is 28.6 Å². The Morgan fingerprint density at radius 1 is 1.59 bits per heavy atom. The van der Waals surface area contributed by atoms with E-state index in [0.717, 1.165) is 24.5 Å². The summed E-state index contributed by atoms with van der Waals surface area (Å²) in [5, 5.41) is 9.81. The molecular formula is C11H15ClN2O2S. The first kappa shape index (κ1) is 12.6. The van der Waals surface area contributed by atoms with E-state index in [2.05, 4.69) is 16.8 Å². The summed E-state index contributed by atoms with van der Waals surface area (Å²) in [7, 11) is 0. The molecule has 1 aliphatic rings. The SMILES string of the molecule is CCN(c1nc(Cl)c(C(=O)O)s1)C1CCCC1. The van der Waals surface area contributed by atoms with Crippen LogP contribution in [0.2, 0.25) is 5.15 Å². The van der Waals surface area contributed by atoms with Crippen LogP contribution in [0.4, 0.5) is 5.13 Å². The molecule has 0 saturated heterocycles. The molecule has 0 unspecified atom stereocenters. The van der Waals surface area contributed by atoms with Gasteiger partial charge in [-0.3, -0.25) is 0 Å². The molecule has 0 radical (unpaired) electrons. The summed E-state index contributed by atoms with van der Waals surface area (Å²) in [5.74, 6) is -0.999. The van der Waals surface area contributed by atoms with Gasteiger partial charge < -0.3 is 10.0 Å². The molecule has 1 aliphatic carbocycles. The molecule has 1 aromatic heterocycles. The van der Waals surface area contributed by atoms with Crippen molar-refractivity contribution in [2.45, 2.75) is 38.6 Å². The fourth-order valence-electron chi connectivity index (χ4n) is 2.31. The Hall–Kier alpha value is -0.810. The van der Waals surface area contributed by atoms with E-state index in [1.165, 1.54) is 24.2 Å². The summed E-state index contributed by atoms with van der Waals surface area (Å²) in [6, 6.07) is 0.490. The van der Waals surface area contributed by atoms with Crippen molar-refractivity contribution in [3.63, 3.8) is 0 Å². The van der Waals surface area contributed by atoms with Crippen LogP contribution in [-0.2, 0) is 0 Å². The average molecular weight is 275 g/mol. The topological polar surface area (TPSA) is 53.4 Å². The van der Waals surface area contributed by atoms with Gasteiger partial charge in [-0.2, -0.15) is 0 Å². The predicted molar refractivity (Wildman–Crippen MR) is 69.4 cm³/mol. The molecular weight excluding hydrogens is 260 g/mol. The number of rotatable bonds is 4. The van der Waals surface area contributed by atoms with E-state index in [1.54, 1.807) is 0 Å². The monoisotopic (exact) mass is 274 g/mol. The first-order valence-corrected chi connectivity index (χ1v) is 6.99. The van der Waals surface area contributed by atoms with Crippen LogP contribution in [0, 0.1) is 0 Å². The molecule has 0 atom stereocenters. The van der Waals surface area contributed by atoms with Crippen LogP contribution in [0.1, 0.15) is 42.3 Å². The zero-order chi connectivity index (χ0) is 12.4. The number of carboxylic acids is 1. The number of aromatic carboxylic acids is 1. The molecule has 0 spiro atoms. The summed E-state index contributed by atoms with van der Waals surface area (Å²) in [4.78, 5) is 17.4. The first-order chi connectivity index (χ1) is 8.13. The number of thiazole rings is 1. The number of anilines is 1. The van der Waals surface area contributed by atoms with Crippen molar-refractivity contribution >= 4 is 34.0 Å². The number of halogens is 1. The van der Waals surface area contributed by atoms with Gasteiger partial charge >= 0.3 is 5.97 Å². The van der Waals surface area contributed by atoms with Gasteiger partial charge in [0.25, 0.3) is 0 Å². The van der Waals surface area contributed by atoms with E-state index < -0.39 is 5.97 Å². The molecule has 0 aromatic carbocycles. The Balaban J connectivity index is 2.24. The van der Waals surface area contributed by atoms with Crippen molar-refractivity contribution in [1.82, 2.24) is 4.98 Å². The lowest BCUT2D eigenvalue weighted by Gasteiger charge is -2.26. The third-order valence-electron chi connectivity index (χ3n) is 3.12. The van der Waals surface area contributed by atoms with Crippen molar-refractivity contribution in [2.75, 3.05) is 11.4 Å². The zero-order valence-corrected chi connectivity index (χ0v) is 11.2. The summed E-state index contributed by atoms with van der Waals surface area (Å²) in [6.07, 6.45) is 4.80. The van der Waals surface area contributed by atoms with Crippen LogP contribution >= 0.6 is 22.9 Å². The second-order valence-corrected chi connectivity index (χ2v) is 5.48. The molecule has 2 rings (SSSR count). The van der Waals surface area contributed by atoms with Gasteiger partial charge in [-0.1, -0.05) is 35.8 Å². The number of carbonyl (C=O) groups is 1. The summed E-state index contributed by atoms with van der Waals surface area (Å²) in [5.41, 5.74) is 0. The lowest BCUT2D eigenvalue weighted by Crippen LogP contribution is -2.32. The number of hydrogen-bond acceptors (Lipinski definition) is 4. The maximum absolute atomic E-state index is 10.9. The third kappa shape index (κ3) is 2.55. The van der Waals surface area contributed by atoms with Crippen LogP contribution in [0.25, 0.3) is 0 Å². The molecule has 1 fully saturated rings. The molecule has 17 heavy (non-hydrogen) atoms. The average Bonchev–Trinajstić information content (AvgIpc) is 2.89. The van der Waals surface area contributed by atoms with Gasteiger partial charge in [-0.15, -0.1) is 0 Å². The van der Waals surface area contributed by atoms with Gasteiger partial charge in [-0.05, 0) is 19.8 Å². The Morgan fingerprint density at radius 3 is 2.71 bits per heavy atom. The fourth-order valence-corrected chi connectivity index (χ4v) is 3.57. The molecule has 0 amide bonds. The first-order valence-electron chi connectivity index (χ1n) is 5.79. The zero-order valence-electron chi connectivity index (χ0n) is 9.65. The Labute approximate surface area is 109 Å². The van der Waals surface area contributed by atoms with Crippen LogP contribution in [0.5, 0.6) is 0 Å². The maximum atomic E-state index is 10.9. The Morgan fingerprint density at radius 2 is 2.24 bits per heavy atom. The number of hydrogen-bond donors (Lipinski definition) is 1. The molecule has 0 aliphatic heterocycles. The summed E-state index contributed by atoms with van der Waals surface area (Å²) in [6.45, 7) is 2.90. The van der Waals surface area contributed by atoms with Crippen LogP contribution in [0.15, 0.2) is 0 Å². The van der Waals surface area contributed by atoms with Gasteiger partial charge in [0.05, 0.1) is 0 Å². The van der Waals surface area contributed by atoms with Gasteiger partial charge in [0.15, 0.2) is 15.2 Å². The van der Waals surface area contributed by atoms with Crippen molar-refractivity contribution in [3.05, 3.63) is 10.0 Å².